The van der Waals surface area contributed by atoms with Crippen molar-refractivity contribution in [3.05, 3.63) is 59.2 Å². The average Bonchev–Trinajstić information content (AvgIpc) is 3.55. The molecule has 0 spiro atoms. The minimum Gasteiger partial charge on any atom is -0.487 e. The molecule has 3 amide bonds. The van der Waals surface area contributed by atoms with Gasteiger partial charge in [-0.25, -0.2) is 4.79 Å². The van der Waals surface area contributed by atoms with E-state index >= 15 is 0 Å². The first-order valence-electron chi connectivity index (χ1n) is 13.6. The SMILES string of the molecule is O=C(Nc1ccc2c(c1)[C@H]1C[C@@H](CC(=O)N3CCc4ccccc4C3)O[C@H](CO)[C@H]1O2)NC1CCCC1. The summed E-state index contributed by atoms with van der Waals surface area (Å²) in [5, 5.41) is 16.1. The van der Waals surface area contributed by atoms with Crippen LogP contribution in [0.2, 0.25) is 0 Å². The van der Waals surface area contributed by atoms with Crippen molar-refractivity contribution in [1.29, 1.82) is 0 Å². The lowest BCUT2D eigenvalue weighted by atomic mass is 9.84. The molecule has 4 atom stereocenters. The van der Waals surface area contributed by atoms with Crippen molar-refractivity contribution in [2.45, 2.75) is 81.8 Å². The molecule has 1 aliphatic carbocycles. The number of aliphatic hydroxyl groups is 1. The third-order valence-electron chi connectivity index (χ3n) is 8.33. The molecule has 2 fully saturated rings. The molecular weight excluding hydrogens is 470 g/mol. The zero-order chi connectivity index (χ0) is 25.4. The highest BCUT2D eigenvalue weighted by Crippen LogP contribution is 2.47. The number of urea groups is 1. The van der Waals surface area contributed by atoms with E-state index in [9.17, 15) is 14.7 Å². The largest absolute Gasteiger partial charge is 0.487 e. The number of amides is 3. The number of carbonyl (C=O) groups is 2. The van der Waals surface area contributed by atoms with Crippen molar-refractivity contribution in [2.24, 2.45) is 0 Å². The normalized spacial score (nSPS) is 26.6. The maximum Gasteiger partial charge on any atom is 0.319 e. The number of fused-ring (bicyclic) bond motifs is 4. The van der Waals surface area contributed by atoms with Crippen LogP contribution in [0.1, 0.15) is 61.1 Å². The lowest BCUT2D eigenvalue weighted by Crippen LogP contribution is -2.48. The molecule has 0 aromatic heterocycles. The topological polar surface area (TPSA) is 100 Å². The number of carbonyl (C=O) groups excluding carboxylic acids is 2. The number of hydrogen-bond acceptors (Lipinski definition) is 5. The van der Waals surface area contributed by atoms with Crippen molar-refractivity contribution >= 4 is 17.6 Å². The van der Waals surface area contributed by atoms with E-state index in [1.807, 2.05) is 35.2 Å². The molecule has 0 bridgehead atoms. The van der Waals surface area contributed by atoms with Crippen LogP contribution in [0.25, 0.3) is 0 Å². The predicted molar refractivity (Wildman–Crippen MR) is 139 cm³/mol. The van der Waals surface area contributed by atoms with Gasteiger partial charge in [0, 0.05) is 36.3 Å². The van der Waals surface area contributed by atoms with E-state index in [0.717, 1.165) is 43.4 Å². The fourth-order valence-electron chi connectivity index (χ4n) is 6.42. The summed E-state index contributed by atoms with van der Waals surface area (Å²) in [7, 11) is 0. The van der Waals surface area contributed by atoms with E-state index in [0.29, 0.717) is 25.2 Å². The number of aliphatic hydroxyl groups excluding tert-OH is 1. The molecule has 8 heteroatoms. The maximum atomic E-state index is 13.2. The van der Waals surface area contributed by atoms with Crippen LogP contribution in [-0.4, -0.2) is 59.5 Å². The first-order valence-corrected chi connectivity index (χ1v) is 13.6. The zero-order valence-corrected chi connectivity index (χ0v) is 21.0. The third kappa shape index (κ3) is 5.05. The van der Waals surface area contributed by atoms with Gasteiger partial charge in [-0.3, -0.25) is 4.79 Å². The Labute approximate surface area is 217 Å². The van der Waals surface area contributed by atoms with Crippen LogP contribution < -0.4 is 15.4 Å². The van der Waals surface area contributed by atoms with Crippen LogP contribution >= 0.6 is 0 Å². The molecule has 4 aliphatic rings. The fourth-order valence-corrected chi connectivity index (χ4v) is 6.42. The van der Waals surface area contributed by atoms with Gasteiger partial charge in [0.05, 0.1) is 19.1 Å². The summed E-state index contributed by atoms with van der Waals surface area (Å²) in [6.07, 6.45) is 5.02. The van der Waals surface area contributed by atoms with Crippen molar-refractivity contribution in [3.63, 3.8) is 0 Å². The Kier molecular flexibility index (Phi) is 6.78. The van der Waals surface area contributed by atoms with E-state index in [4.69, 9.17) is 9.47 Å². The average molecular weight is 506 g/mol. The molecule has 1 saturated carbocycles. The van der Waals surface area contributed by atoms with Crippen LogP contribution in [0.3, 0.4) is 0 Å². The standard InChI is InChI=1S/C29H35N3O5/c33-17-26-28-24(14-22(36-26)15-27(34)32-12-11-18-5-1-2-6-19(18)16-32)23-13-21(9-10-25(23)37-28)31-29(35)30-20-7-3-4-8-20/h1-2,5-6,9-10,13,20,22,24,26,28,33H,3-4,7-8,11-12,14-17H2,(H2,30,31,35)/t22-,24+,26+,28-/m0/s1. The molecule has 3 heterocycles. The van der Waals surface area contributed by atoms with E-state index in [-0.39, 0.29) is 49.1 Å². The van der Waals surface area contributed by atoms with Gasteiger partial charge in [0.25, 0.3) is 0 Å². The fraction of sp³-hybridized carbons (Fsp3) is 0.517. The Morgan fingerprint density at radius 1 is 1.08 bits per heavy atom. The third-order valence-corrected chi connectivity index (χ3v) is 8.33. The Bertz CT molecular complexity index is 1160. The van der Waals surface area contributed by atoms with Crippen molar-refractivity contribution in [1.82, 2.24) is 10.2 Å². The number of nitrogens with zero attached hydrogens (tertiary/aromatic N) is 1. The second kappa shape index (κ2) is 10.3. The van der Waals surface area contributed by atoms with Gasteiger partial charge in [0.2, 0.25) is 5.91 Å². The zero-order valence-electron chi connectivity index (χ0n) is 21.0. The Hall–Kier alpha value is -3.10. The molecule has 37 heavy (non-hydrogen) atoms. The number of rotatable bonds is 5. The minimum absolute atomic E-state index is 0.0135. The molecule has 1 saturated heterocycles. The smallest absolute Gasteiger partial charge is 0.319 e. The maximum absolute atomic E-state index is 13.2. The summed E-state index contributed by atoms with van der Waals surface area (Å²) < 4.78 is 12.4. The van der Waals surface area contributed by atoms with Gasteiger partial charge in [0.1, 0.15) is 18.0 Å². The highest BCUT2D eigenvalue weighted by Gasteiger charge is 2.46. The number of nitrogens with one attached hydrogen (secondary N) is 2. The van der Waals surface area contributed by atoms with Crippen molar-refractivity contribution in [2.75, 3.05) is 18.5 Å². The monoisotopic (exact) mass is 505 g/mol. The Morgan fingerprint density at radius 2 is 1.89 bits per heavy atom. The molecule has 3 N–H and O–H groups in total. The van der Waals surface area contributed by atoms with E-state index in [2.05, 4.69) is 22.8 Å². The highest BCUT2D eigenvalue weighted by atomic mass is 16.6. The summed E-state index contributed by atoms with van der Waals surface area (Å²) in [5.74, 6) is 0.812. The second-order valence-corrected chi connectivity index (χ2v) is 10.8. The molecule has 6 rings (SSSR count). The predicted octanol–water partition coefficient (Wildman–Crippen LogP) is 3.72. The molecule has 2 aromatic rings. The quantitative estimate of drug-likeness (QED) is 0.575. The molecule has 196 valence electrons. The molecule has 0 radical (unpaired) electrons. The van der Waals surface area contributed by atoms with Gasteiger partial charge in [0.15, 0.2) is 0 Å². The highest BCUT2D eigenvalue weighted by molar-refractivity contribution is 5.89. The molecule has 0 unspecified atom stereocenters. The van der Waals surface area contributed by atoms with E-state index in [1.165, 1.54) is 11.1 Å². The summed E-state index contributed by atoms with van der Waals surface area (Å²) in [6.45, 7) is 1.16. The van der Waals surface area contributed by atoms with Gasteiger partial charge < -0.3 is 30.1 Å². The lowest BCUT2D eigenvalue weighted by molar-refractivity contribution is -0.149. The summed E-state index contributed by atoms with van der Waals surface area (Å²) in [5.41, 5.74) is 4.22. The molecule has 2 aromatic carbocycles. The number of anilines is 1. The van der Waals surface area contributed by atoms with Crippen LogP contribution in [0, 0.1) is 0 Å². The summed E-state index contributed by atoms with van der Waals surface area (Å²) >= 11 is 0. The van der Waals surface area contributed by atoms with Crippen molar-refractivity contribution in [3.8, 4) is 5.75 Å². The van der Waals surface area contributed by atoms with Gasteiger partial charge >= 0.3 is 6.03 Å². The minimum atomic E-state index is -0.506. The second-order valence-electron chi connectivity index (χ2n) is 10.8. The summed E-state index contributed by atoms with van der Waals surface area (Å²) in [4.78, 5) is 27.6. The molecular formula is C29H35N3O5. The van der Waals surface area contributed by atoms with Crippen molar-refractivity contribution < 1.29 is 24.2 Å². The van der Waals surface area contributed by atoms with Gasteiger partial charge in [-0.1, -0.05) is 37.1 Å². The van der Waals surface area contributed by atoms with Crippen LogP contribution in [-0.2, 0) is 22.5 Å². The van der Waals surface area contributed by atoms with Gasteiger partial charge in [-0.15, -0.1) is 0 Å². The van der Waals surface area contributed by atoms with Gasteiger partial charge in [-0.05, 0) is 55.0 Å². The number of benzene rings is 2. The first-order chi connectivity index (χ1) is 18.1. The summed E-state index contributed by atoms with van der Waals surface area (Å²) in [6, 6.07) is 14.0. The van der Waals surface area contributed by atoms with E-state index in [1.54, 1.807) is 0 Å². The lowest BCUT2D eigenvalue weighted by Gasteiger charge is -2.38. The first kappa shape index (κ1) is 24.2. The van der Waals surface area contributed by atoms with E-state index < -0.39 is 6.10 Å². The number of ether oxygens (including phenoxy) is 2. The van der Waals surface area contributed by atoms with Crippen LogP contribution in [0.4, 0.5) is 10.5 Å². The Balaban J connectivity index is 1.13. The number of hydrogen-bond donors (Lipinski definition) is 3. The van der Waals surface area contributed by atoms with Crippen LogP contribution in [0.5, 0.6) is 5.75 Å². The molecule has 3 aliphatic heterocycles. The van der Waals surface area contributed by atoms with Crippen LogP contribution in [0.15, 0.2) is 42.5 Å². The molecule has 8 nitrogen and oxygen atoms in total. The Morgan fingerprint density at radius 3 is 2.70 bits per heavy atom. The van der Waals surface area contributed by atoms with Gasteiger partial charge in [-0.2, -0.15) is 0 Å².